The number of likely N-dealkylation sites (tertiary alicyclic amines) is 1. The number of nitrogens with two attached hydrogens (primary N) is 1. The Kier molecular flexibility index (Phi) is 4.93. The Hall–Kier alpha value is -1.40. The van der Waals surface area contributed by atoms with E-state index in [4.69, 9.17) is 10.6 Å². The molecule has 6 nitrogen and oxygen atoms in total. The summed E-state index contributed by atoms with van der Waals surface area (Å²) in [5.74, 6) is 7.45. The number of hydrogen-bond acceptors (Lipinski definition) is 6. The summed E-state index contributed by atoms with van der Waals surface area (Å²) in [7, 11) is 2.14. The van der Waals surface area contributed by atoms with Gasteiger partial charge in [0.2, 0.25) is 5.88 Å². The summed E-state index contributed by atoms with van der Waals surface area (Å²) >= 11 is 0. The monoisotopic (exact) mass is 265 g/mol. The number of ether oxygens (including phenoxy) is 1. The van der Waals surface area contributed by atoms with Gasteiger partial charge in [-0.3, -0.25) is 0 Å². The number of aryl methyl sites for hydroxylation is 1. The fraction of sp³-hybridized carbons (Fsp3) is 0.692. The smallest absolute Gasteiger partial charge is 0.219 e. The van der Waals surface area contributed by atoms with Crippen LogP contribution in [0.3, 0.4) is 0 Å². The maximum Gasteiger partial charge on any atom is 0.219 e. The maximum absolute atomic E-state index is 5.96. The molecule has 2 rings (SSSR count). The van der Waals surface area contributed by atoms with Crippen molar-refractivity contribution in [3.8, 4) is 5.88 Å². The quantitative estimate of drug-likeness (QED) is 0.615. The molecule has 0 atom stereocenters. The van der Waals surface area contributed by atoms with Crippen LogP contribution in [0.4, 0.5) is 5.82 Å². The second-order valence-electron chi connectivity index (χ2n) is 5.02. The molecular weight excluding hydrogens is 242 g/mol. The molecule has 2 heterocycles. The average Bonchev–Trinajstić information content (AvgIpc) is 2.41. The van der Waals surface area contributed by atoms with E-state index in [1.807, 2.05) is 0 Å². The van der Waals surface area contributed by atoms with E-state index in [1.165, 1.54) is 0 Å². The highest BCUT2D eigenvalue weighted by Crippen LogP contribution is 2.19. The van der Waals surface area contributed by atoms with Crippen molar-refractivity contribution in [3.05, 3.63) is 11.9 Å². The van der Waals surface area contributed by atoms with Crippen molar-refractivity contribution in [1.29, 1.82) is 0 Å². The van der Waals surface area contributed by atoms with Gasteiger partial charge < -0.3 is 15.1 Å². The van der Waals surface area contributed by atoms with Crippen molar-refractivity contribution in [2.75, 3.05) is 25.6 Å². The molecule has 1 aliphatic heterocycles. The Morgan fingerprint density at radius 3 is 2.79 bits per heavy atom. The number of hydrazine groups is 1. The van der Waals surface area contributed by atoms with Gasteiger partial charge in [0.1, 0.15) is 17.7 Å². The summed E-state index contributed by atoms with van der Waals surface area (Å²) in [5, 5.41) is 0. The summed E-state index contributed by atoms with van der Waals surface area (Å²) in [4.78, 5) is 11.1. The van der Waals surface area contributed by atoms with Gasteiger partial charge in [-0.25, -0.2) is 10.8 Å². The van der Waals surface area contributed by atoms with E-state index in [9.17, 15) is 0 Å². The third-order valence-corrected chi connectivity index (χ3v) is 3.32. The minimum absolute atomic E-state index is 0.242. The average molecular weight is 265 g/mol. The number of nitrogens with zero attached hydrogens (tertiary/aromatic N) is 3. The zero-order valence-corrected chi connectivity index (χ0v) is 11.7. The van der Waals surface area contributed by atoms with Gasteiger partial charge in [-0.2, -0.15) is 4.98 Å². The number of rotatable bonds is 5. The molecule has 0 aromatic carbocycles. The van der Waals surface area contributed by atoms with E-state index >= 15 is 0 Å². The summed E-state index contributed by atoms with van der Waals surface area (Å²) < 4.78 is 5.96. The molecule has 1 aliphatic rings. The van der Waals surface area contributed by atoms with E-state index in [0.29, 0.717) is 11.7 Å². The normalized spacial score (nSPS) is 17.4. The fourth-order valence-electron chi connectivity index (χ4n) is 2.22. The summed E-state index contributed by atoms with van der Waals surface area (Å²) in [6.07, 6.45) is 4.15. The van der Waals surface area contributed by atoms with Gasteiger partial charge in [0, 0.05) is 25.6 Å². The highest BCUT2D eigenvalue weighted by molar-refractivity contribution is 5.37. The highest BCUT2D eigenvalue weighted by atomic mass is 16.5. The first-order chi connectivity index (χ1) is 9.21. The topological polar surface area (TPSA) is 76.3 Å². The van der Waals surface area contributed by atoms with E-state index in [1.54, 1.807) is 6.07 Å². The van der Waals surface area contributed by atoms with Gasteiger partial charge in [0.05, 0.1) is 0 Å². The molecule has 0 aliphatic carbocycles. The van der Waals surface area contributed by atoms with E-state index in [-0.39, 0.29) is 6.10 Å². The molecular formula is C13H23N5O. The van der Waals surface area contributed by atoms with Crippen molar-refractivity contribution >= 4 is 5.82 Å². The maximum atomic E-state index is 5.96. The minimum Gasteiger partial charge on any atom is -0.474 e. The Morgan fingerprint density at radius 1 is 1.42 bits per heavy atom. The summed E-state index contributed by atoms with van der Waals surface area (Å²) in [6.45, 7) is 4.24. The van der Waals surface area contributed by atoms with E-state index < -0.39 is 0 Å². The van der Waals surface area contributed by atoms with Crippen molar-refractivity contribution in [2.45, 2.75) is 38.7 Å². The molecule has 0 spiro atoms. The molecule has 0 amide bonds. The summed E-state index contributed by atoms with van der Waals surface area (Å²) in [6, 6.07) is 1.76. The Morgan fingerprint density at radius 2 is 2.16 bits per heavy atom. The van der Waals surface area contributed by atoms with Crippen LogP contribution in [0.1, 0.15) is 32.0 Å². The van der Waals surface area contributed by atoms with Crippen LogP contribution in [0.2, 0.25) is 0 Å². The van der Waals surface area contributed by atoms with Gasteiger partial charge in [0.25, 0.3) is 0 Å². The highest BCUT2D eigenvalue weighted by Gasteiger charge is 2.19. The first-order valence-corrected chi connectivity index (χ1v) is 6.91. The lowest BCUT2D eigenvalue weighted by atomic mass is 10.1. The van der Waals surface area contributed by atoms with Crippen LogP contribution in [0.15, 0.2) is 6.07 Å². The van der Waals surface area contributed by atoms with Crippen LogP contribution >= 0.6 is 0 Å². The minimum atomic E-state index is 0.242. The van der Waals surface area contributed by atoms with Gasteiger partial charge >= 0.3 is 0 Å². The number of anilines is 1. The van der Waals surface area contributed by atoms with Crippen molar-refractivity contribution < 1.29 is 4.74 Å². The SMILES string of the molecule is CCCc1nc(NN)cc(OC2CCN(C)CC2)n1. The van der Waals surface area contributed by atoms with Crippen molar-refractivity contribution in [2.24, 2.45) is 5.84 Å². The second-order valence-corrected chi connectivity index (χ2v) is 5.02. The summed E-state index contributed by atoms with van der Waals surface area (Å²) in [5.41, 5.74) is 2.57. The van der Waals surface area contributed by atoms with E-state index in [2.05, 4.69) is 34.3 Å². The Balaban J connectivity index is 2.04. The Labute approximate surface area is 114 Å². The second kappa shape index (κ2) is 6.68. The largest absolute Gasteiger partial charge is 0.474 e. The number of aromatic nitrogens is 2. The lowest BCUT2D eigenvalue weighted by Crippen LogP contribution is -2.35. The number of nitrogens with one attached hydrogen (secondary N) is 1. The molecule has 1 aromatic rings. The molecule has 3 N–H and O–H groups in total. The van der Waals surface area contributed by atoms with Crippen molar-refractivity contribution in [1.82, 2.24) is 14.9 Å². The van der Waals surface area contributed by atoms with Crippen LogP contribution in [-0.2, 0) is 6.42 Å². The van der Waals surface area contributed by atoms with Crippen LogP contribution in [0.5, 0.6) is 5.88 Å². The van der Waals surface area contributed by atoms with Crippen LogP contribution in [0.25, 0.3) is 0 Å². The predicted molar refractivity (Wildman–Crippen MR) is 75.0 cm³/mol. The first kappa shape index (κ1) is 14.0. The van der Waals surface area contributed by atoms with E-state index in [0.717, 1.165) is 44.6 Å². The fourth-order valence-corrected chi connectivity index (χ4v) is 2.22. The molecule has 1 saturated heterocycles. The first-order valence-electron chi connectivity index (χ1n) is 6.91. The molecule has 106 valence electrons. The van der Waals surface area contributed by atoms with Crippen LogP contribution in [0, 0.1) is 0 Å². The number of piperidine rings is 1. The number of nitrogen functional groups attached to an aromatic ring is 1. The zero-order chi connectivity index (χ0) is 13.7. The zero-order valence-electron chi connectivity index (χ0n) is 11.7. The van der Waals surface area contributed by atoms with Crippen LogP contribution < -0.4 is 16.0 Å². The molecule has 1 fully saturated rings. The lowest BCUT2D eigenvalue weighted by Gasteiger charge is -2.29. The van der Waals surface area contributed by atoms with Gasteiger partial charge in [-0.15, -0.1) is 0 Å². The number of hydrogen-bond donors (Lipinski definition) is 2. The molecule has 0 unspecified atom stereocenters. The Bertz CT molecular complexity index is 404. The third kappa shape index (κ3) is 4.04. The standard InChI is InChI=1S/C13H23N5O/c1-3-4-11-15-12(17-14)9-13(16-11)19-10-5-7-18(2)8-6-10/h9-10H,3-8,14H2,1-2H3,(H,15,16,17). The molecule has 0 bridgehead atoms. The molecule has 0 radical (unpaired) electrons. The molecule has 6 heteroatoms. The lowest BCUT2D eigenvalue weighted by molar-refractivity contribution is 0.109. The molecule has 19 heavy (non-hydrogen) atoms. The van der Waals surface area contributed by atoms with Gasteiger partial charge in [-0.1, -0.05) is 6.92 Å². The van der Waals surface area contributed by atoms with Gasteiger partial charge in [-0.05, 0) is 26.3 Å². The van der Waals surface area contributed by atoms with Gasteiger partial charge in [0.15, 0.2) is 0 Å². The van der Waals surface area contributed by atoms with Crippen molar-refractivity contribution in [3.63, 3.8) is 0 Å². The molecule has 0 saturated carbocycles. The predicted octanol–water partition coefficient (Wildman–Crippen LogP) is 1.19. The van der Waals surface area contributed by atoms with Crippen LogP contribution in [-0.4, -0.2) is 41.1 Å². The molecule has 1 aromatic heterocycles. The third-order valence-electron chi connectivity index (χ3n) is 3.32.